The number of hydrogen-bond acceptors (Lipinski definition) is 4. The highest BCUT2D eigenvalue weighted by Crippen LogP contribution is 2.25. The van der Waals surface area contributed by atoms with Crippen LogP contribution in [0.1, 0.15) is 11.1 Å². The quantitative estimate of drug-likeness (QED) is 0.581. The van der Waals surface area contributed by atoms with Gasteiger partial charge >= 0.3 is 0 Å². The van der Waals surface area contributed by atoms with Crippen molar-refractivity contribution in [2.24, 2.45) is 0 Å². The highest BCUT2D eigenvalue weighted by Gasteiger charge is 2.11. The smallest absolute Gasteiger partial charge is 0.262 e. The van der Waals surface area contributed by atoms with E-state index in [-0.39, 0.29) is 5.56 Å². The van der Waals surface area contributed by atoms with E-state index in [0.29, 0.717) is 17.0 Å². The lowest BCUT2D eigenvalue weighted by Gasteiger charge is -2.09. The maximum absolute atomic E-state index is 12.7. The average Bonchev–Trinajstić information content (AvgIpc) is 2.62. The number of benzene rings is 2. The molecule has 5 nitrogen and oxygen atoms in total. The van der Waals surface area contributed by atoms with Gasteiger partial charge in [0.2, 0.25) is 5.95 Å². The zero-order valence-electron chi connectivity index (χ0n) is 14.6. The van der Waals surface area contributed by atoms with Gasteiger partial charge in [0, 0.05) is 11.9 Å². The van der Waals surface area contributed by atoms with E-state index in [4.69, 9.17) is 0 Å². The molecule has 5 heteroatoms. The molecule has 0 saturated carbocycles. The van der Waals surface area contributed by atoms with Gasteiger partial charge in [-0.15, -0.1) is 0 Å². The van der Waals surface area contributed by atoms with E-state index in [0.717, 1.165) is 22.4 Å². The first-order valence-electron chi connectivity index (χ1n) is 8.40. The third-order valence-electron chi connectivity index (χ3n) is 4.25. The molecule has 4 rings (SSSR count). The lowest BCUT2D eigenvalue weighted by Crippen LogP contribution is -2.13. The molecule has 0 aliphatic heterocycles. The number of anilines is 2. The highest BCUT2D eigenvalue weighted by atomic mass is 16.1. The van der Waals surface area contributed by atoms with Crippen LogP contribution in [0.3, 0.4) is 0 Å². The number of aromatic amines is 1. The zero-order valence-corrected chi connectivity index (χ0v) is 14.6. The van der Waals surface area contributed by atoms with Crippen molar-refractivity contribution in [1.82, 2.24) is 15.0 Å². The van der Waals surface area contributed by atoms with Crippen LogP contribution in [0, 0.1) is 13.8 Å². The fraction of sp³-hybridized carbons (Fsp3) is 0.0952. The maximum Gasteiger partial charge on any atom is 0.262 e. The van der Waals surface area contributed by atoms with Crippen molar-refractivity contribution in [2.45, 2.75) is 13.8 Å². The Labute approximate surface area is 150 Å². The highest BCUT2D eigenvalue weighted by molar-refractivity contribution is 5.92. The standard InChI is InChI=1S/C21H18N4O/c1-13-6-8-15(9-7-13)17-10-11-22-19-18(17)20(26)25-21(24-19)23-16-5-3-4-14(2)12-16/h3-12H,1-2H3,(H2,22,23,24,25,26). The summed E-state index contributed by atoms with van der Waals surface area (Å²) in [7, 11) is 0. The number of nitrogens with zero attached hydrogens (tertiary/aromatic N) is 2. The summed E-state index contributed by atoms with van der Waals surface area (Å²) in [6, 6.07) is 17.8. The molecule has 2 aromatic carbocycles. The Morgan fingerprint density at radius 1 is 0.962 bits per heavy atom. The molecular weight excluding hydrogens is 324 g/mol. The second-order valence-corrected chi connectivity index (χ2v) is 6.33. The number of nitrogens with one attached hydrogen (secondary N) is 2. The van der Waals surface area contributed by atoms with Gasteiger partial charge in [-0.1, -0.05) is 42.0 Å². The first kappa shape index (κ1) is 16.0. The minimum absolute atomic E-state index is 0.214. The third-order valence-corrected chi connectivity index (χ3v) is 4.25. The van der Waals surface area contributed by atoms with Gasteiger partial charge < -0.3 is 5.32 Å². The fourth-order valence-electron chi connectivity index (χ4n) is 2.96. The summed E-state index contributed by atoms with van der Waals surface area (Å²) in [4.78, 5) is 24.3. The van der Waals surface area contributed by atoms with Crippen molar-refractivity contribution in [1.29, 1.82) is 0 Å². The third kappa shape index (κ3) is 3.07. The van der Waals surface area contributed by atoms with Crippen LogP contribution in [-0.4, -0.2) is 15.0 Å². The minimum Gasteiger partial charge on any atom is -0.326 e. The van der Waals surface area contributed by atoms with E-state index in [1.54, 1.807) is 6.20 Å². The number of rotatable bonds is 3. The second kappa shape index (κ2) is 6.44. The van der Waals surface area contributed by atoms with Crippen molar-refractivity contribution < 1.29 is 0 Å². The van der Waals surface area contributed by atoms with Gasteiger partial charge in [-0.25, -0.2) is 4.98 Å². The molecule has 2 heterocycles. The molecule has 0 atom stereocenters. The molecule has 0 aliphatic rings. The maximum atomic E-state index is 12.7. The minimum atomic E-state index is -0.214. The summed E-state index contributed by atoms with van der Waals surface area (Å²) in [6.45, 7) is 4.04. The monoisotopic (exact) mass is 342 g/mol. The van der Waals surface area contributed by atoms with Gasteiger partial charge in [0.15, 0.2) is 5.65 Å². The summed E-state index contributed by atoms with van der Waals surface area (Å²) in [5, 5.41) is 3.63. The van der Waals surface area contributed by atoms with Gasteiger partial charge in [-0.2, -0.15) is 4.98 Å². The summed E-state index contributed by atoms with van der Waals surface area (Å²) in [5.74, 6) is 0.377. The van der Waals surface area contributed by atoms with Crippen molar-refractivity contribution >= 4 is 22.7 Å². The lowest BCUT2D eigenvalue weighted by molar-refractivity contribution is 1.14. The Hall–Kier alpha value is -3.47. The van der Waals surface area contributed by atoms with E-state index in [1.165, 1.54) is 5.56 Å². The Morgan fingerprint density at radius 3 is 2.54 bits per heavy atom. The first-order chi connectivity index (χ1) is 12.6. The van der Waals surface area contributed by atoms with Crippen LogP contribution in [0.4, 0.5) is 11.6 Å². The molecule has 4 aromatic rings. The zero-order chi connectivity index (χ0) is 18.1. The average molecular weight is 342 g/mol. The molecule has 128 valence electrons. The lowest BCUT2D eigenvalue weighted by atomic mass is 10.0. The van der Waals surface area contributed by atoms with E-state index in [1.807, 2.05) is 68.4 Å². The molecule has 0 unspecified atom stereocenters. The Balaban J connectivity index is 1.81. The van der Waals surface area contributed by atoms with Crippen molar-refractivity contribution in [3.8, 4) is 11.1 Å². The number of fused-ring (bicyclic) bond motifs is 1. The molecule has 0 spiro atoms. The van der Waals surface area contributed by atoms with Gasteiger partial charge in [-0.05, 0) is 48.7 Å². The summed E-state index contributed by atoms with van der Waals surface area (Å²) in [5.41, 5.74) is 5.15. The molecule has 0 bridgehead atoms. The van der Waals surface area contributed by atoms with Gasteiger partial charge in [0.05, 0.1) is 5.39 Å². The molecule has 26 heavy (non-hydrogen) atoms. The largest absolute Gasteiger partial charge is 0.326 e. The number of H-pyrrole nitrogens is 1. The van der Waals surface area contributed by atoms with Gasteiger partial charge in [0.1, 0.15) is 0 Å². The second-order valence-electron chi connectivity index (χ2n) is 6.33. The molecule has 0 saturated heterocycles. The van der Waals surface area contributed by atoms with Crippen molar-refractivity contribution in [2.75, 3.05) is 5.32 Å². The predicted molar refractivity (Wildman–Crippen MR) is 105 cm³/mol. The van der Waals surface area contributed by atoms with Crippen LogP contribution >= 0.6 is 0 Å². The van der Waals surface area contributed by atoms with Crippen LogP contribution in [-0.2, 0) is 0 Å². The molecule has 0 amide bonds. The summed E-state index contributed by atoms with van der Waals surface area (Å²) >= 11 is 0. The number of pyridine rings is 1. The van der Waals surface area contributed by atoms with Crippen molar-refractivity contribution in [3.63, 3.8) is 0 Å². The van der Waals surface area contributed by atoms with Gasteiger partial charge in [0.25, 0.3) is 5.56 Å². The van der Waals surface area contributed by atoms with E-state index < -0.39 is 0 Å². The van der Waals surface area contributed by atoms with E-state index >= 15 is 0 Å². The molecule has 2 N–H and O–H groups in total. The summed E-state index contributed by atoms with van der Waals surface area (Å²) in [6.07, 6.45) is 1.68. The van der Waals surface area contributed by atoms with Crippen molar-refractivity contribution in [3.05, 3.63) is 82.3 Å². The Kier molecular flexibility index (Phi) is 3.97. The van der Waals surface area contributed by atoms with E-state index in [2.05, 4.69) is 20.3 Å². The Morgan fingerprint density at radius 2 is 1.77 bits per heavy atom. The Bertz CT molecular complexity index is 1150. The van der Waals surface area contributed by atoms with Crippen LogP contribution in [0.5, 0.6) is 0 Å². The van der Waals surface area contributed by atoms with E-state index in [9.17, 15) is 4.79 Å². The van der Waals surface area contributed by atoms with Gasteiger partial charge in [-0.3, -0.25) is 9.78 Å². The number of hydrogen-bond donors (Lipinski definition) is 2. The SMILES string of the molecule is Cc1ccc(-c2ccnc3nc(Nc4cccc(C)c4)[nH]c(=O)c23)cc1. The number of aryl methyl sites for hydroxylation is 2. The van der Waals surface area contributed by atoms with Crippen LogP contribution < -0.4 is 10.9 Å². The summed E-state index contributed by atoms with van der Waals surface area (Å²) < 4.78 is 0. The topological polar surface area (TPSA) is 70.7 Å². The number of aromatic nitrogens is 3. The molecule has 2 aromatic heterocycles. The fourth-order valence-corrected chi connectivity index (χ4v) is 2.96. The predicted octanol–water partition coefficient (Wildman–Crippen LogP) is 4.35. The molecule has 0 fully saturated rings. The van der Waals surface area contributed by atoms with Crippen LogP contribution in [0.15, 0.2) is 65.6 Å². The molecular formula is C21H18N4O. The molecule has 0 radical (unpaired) electrons. The van der Waals surface area contributed by atoms with Crippen LogP contribution in [0.25, 0.3) is 22.2 Å². The van der Waals surface area contributed by atoms with Crippen LogP contribution in [0.2, 0.25) is 0 Å². The first-order valence-corrected chi connectivity index (χ1v) is 8.40. The normalized spacial score (nSPS) is 10.8. The molecule has 0 aliphatic carbocycles.